The lowest BCUT2D eigenvalue weighted by Crippen LogP contribution is -1.95. The maximum Gasteiger partial charge on any atom is 0.160 e. The molecule has 11 rings (SSSR count). The Balaban J connectivity index is 1.16. The van der Waals surface area contributed by atoms with Gasteiger partial charge in [-0.15, -0.1) is 11.3 Å². The van der Waals surface area contributed by atoms with E-state index in [2.05, 4.69) is 150 Å². The Hall–Kier alpha value is -6.30. The summed E-state index contributed by atoms with van der Waals surface area (Å²) in [5.41, 5.74) is 8.96. The molecule has 5 heteroatoms. The summed E-state index contributed by atoms with van der Waals surface area (Å²) in [4.78, 5) is 10.4. The Labute approximate surface area is 284 Å². The van der Waals surface area contributed by atoms with Crippen LogP contribution in [0.5, 0.6) is 0 Å². The number of furan rings is 1. The molecular formula is C44H25N3OS. The molecule has 4 heterocycles. The van der Waals surface area contributed by atoms with E-state index in [1.54, 1.807) is 11.3 Å². The van der Waals surface area contributed by atoms with Crippen molar-refractivity contribution >= 4 is 86.2 Å². The van der Waals surface area contributed by atoms with Crippen LogP contribution in [0.3, 0.4) is 0 Å². The number of fused-ring (bicyclic) bond motifs is 11. The van der Waals surface area contributed by atoms with Crippen LogP contribution in [0.1, 0.15) is 0 Å². The second-order valence-electron chi connectivity index (χ2n) is 12.5. The molecule has 0 saturated carbocycles. The highest BCUT2D eigenvalue weighted by Crippen LogP contribution is 2.42. The Kier molecular flexibility index (Phi) is 5.51. The molecule has 49 heavy (non-hydrogen) atoms. The molecule has 228 valence electrons. The number of nitrogens with zero attached hydrogens (tertiary/aromatic N) is 3. The van der Waals surface area contributed by atoms with Gasteiger partial charge in [-0.3, -0.25) is 0 Å². The predicted molar refractivity (Wildman–Crippen MR) is 205 cm³/mol. The van der Waals surface area contributed by atoms with Crippen LogP contribution in [0.25, 0.3) is 103 Å². The Morgan fingerprint density at radius 1 is 0.531 bits per heavy atom. The maximum absolute atomic E-state index is 6.86. The highest BCUT2D eigenvalue weighted by Gasteiger charge is 2.21. The van der Waals surface area contributed by atoms with Crippen molar-refractivity contribution in [2.24, 2.45) is 0 Å². The minimum atomic E-state index is 0.686. The fourth-order valence-electron chi connectivity index (χ4n) is 7.59. The molecule has 4 nitrogen and oxygen atoms in total. The average Bonchev–Trinajstić information content (AvgIpc) is 3.84. The first-order valence-electron chi connectivity index (χ1n) is 16.4. The van der Waals surface area contributed by atoms with Gasteiger partial charge in [-0.1, -0.05) is 121 Å². The van der Waals surface area contributed by atoms with Gasteiger partial charge in [0.25, 0.3) is 0 Å². The van der Waals surface area contributed by atoms with Crippen LogP contribution < -0.4 is 0 Å². The molecule has 0 N–H and O–H groups in total. The van der Waals surface area contributed by atoms with Crippen LogP contribution in [0.2, 0.25) is 0 Å². The standard InChI is InChI=1S/C44H25N3OS/c1-2-12-27(13-3-1)39-43-40(34-16-7-9-20-38(34)49-43)46-44(45-39)28-22-23-31-33-17-10-19-36(42(33)48-37(31)25-28)47-35-18-8-6-15-30(35)32-24-21-26-11-4-5-14-29(26)41(32)47/h1-25H. The molecule has 0 fully saturated rings. The minimum absolute atomic E-state index is 0.686. The van der Waals surface area contributed by atoms with Crippen LogP contribution >= 0.6 is 11.3 Å². The van der Waals surface area contributed by atoms with Crippen molar-refractivity contribution < 1.29 is 4.42 Å². The van der Waals surface area contributed by atoms with E-state index >= 15 is 0 Å². The summed E-state index contributed by atoms with van der Waals surface area (Å²) in [5, 5.41) is 8.18. The van der Waals surface area contributed by atoms with Crippen molar-refractivity contribution in [3.05, 3.63) is 152 Å². The number of rotatable bonds is 3. The number of benzene rings is 7. The van der Waals surface area contributed by atoms with Crippen molar-refractivity contribution in [2.45, 2.75) is 0 Å². The monoisotopic (exact) mass is 643 g/mol. The van der Waals surface area contributed by atoms with Crippen LogP contribution in [0.4, 0.5) is 0 Å². The second kappa shape index (κ2) is 10.1. The highest BCUT2D eigenvalue weighted by molar-refractivity contribution is 7.26. The highest BCUT2D eigenvalue weighted by atomic mass is 32.1. The Morgan fingerprint density at radius 2 is 1.29 bits per heavy atom. The molecule has 0 spiro atoms. The smallest absolute Gasteiger partial charge is 0.160 e. The van der Waals surface area contributed by atoms with Gasteiger partial charge in [0.1, 0.15) is 5.58 Å². The minimum Gasteiger partial charge on any atom is -0.454 e. The van der Waals surface area contributed by atoms with Crippen molar-refractivity contribution in [2.75, 3.05) is 0 Å². The summed E-state index contributed by atoms with van der Waals surface area (Å²) < 4.78 is 11.5. The molecule has 0 aliphatic rings. The van der Waals surface area contributed by atoms with E-state index in [1.165, 1.54) is 31.8 Å². The van der Waals surface area contributed by atoms with E-state index in [1.807, 2.05) is 6.07 Å². The maximum atomic E-state index is 6.86. The molecule has 0 atom stereocenters. The molecular weight excluding hydrogens is 619 g/mol. The lowest BCUT2D eigenvalue weighted by atomic mass is 10.1. The zero-order chi connectivity index (χ0) is 32.1. The average molecular weight is 644 g/mol. The molecule has 0 bridgehead atoms. The molecule has 0 unspecified atom stereocenters. The Bertz CT molecular complexity index is 3110. The van der Waals surface area contributed by atoms with Crippen LogP contribution in [0.15, 0.2) is 156 Å². The number of thiophene rings is 1. The van der Waals surface area contributed by atoms with E-state index in [0.717, 1.165) is 65.6 Å². The van der Waals surface area contributed by atoms with Crippen molar-refractivity contribution in [1.82, 2.24) is 14.5 Å². The largest absolute Gasteiger partial charge is 0.454 e. The van der Waals surface area contributed by atoms with E-state index in [9.17, 15) is 0 Å². The van der Waals surface area contributed by atoms with Crippen LogP contribution in [-0.4, -0.2) is 14.5 Å². The van der Waals surface area contributed by atoms with Gasteiger partial charge in [0.2, 0.25) is 0 Å². The van der Waals surface area contributed by atoms with Crippen molar-refractivity contribution in [3.8, 4) is 28.3 Å². The first-order valence-corrected chi connectivity index (χ1v) is 17.2. The van der Waals surface area contributed by atoms with Gasteiger partial charge in [0, 0.05) is 48.1 Å². The van der Waals surface area contributed by atoms with Crippen LogP contribution in [-0.2, 0) is 0 Å². The first-order chi connectivity index (χ1) is 24.3. The normalized spacial score (nSPS) is 12.1. The van der Waals surface area contributed by atoms with Gasteiger partial charge in [0.15, 0.2) is 11.4 Å². The Morgan fingerprint density at radius 3 is 2.20 bits per heavy atom. The zero-order valence-electron chi connectivity index (χ0n) is 26.1. The number of hydrogen-bond donors (Lipinski definition) is 0. The molecule has 4 aromatic heterocycles. The summed E-state index contributed by atoms with van der Waals surface area (Å²) in [6, 6.07) is 53.5. The molecule has 11 aromatic rings. The lowest BCUT2D eigenvalue weighted by molar-refractivity contribution is 0.666. The van der Waals surface area contributed by atoms with Gasteiger partial charge in [-0.05, 0) is 35.7 Å². The third kappa shape index (κ3) is 3.85. The van der Waals surface area contributed by atoms with Gasteiger partial charge in [0.05, 0.1) is 32.6 Å². The molecule has 0 radical (unpaired) electrons. The molecule has 0 saturated heterocycles. The molecule has 7 aromatic carbocycles. The summed E-state index contributed by atoms with van der Waals surface area (Å²) >= 11 is 1.75. The van der Waals surface area contributed by atoms with Crippen molar-refractivity contribution in [1.29, 1.82) is 0 Å². The molecule has 0 aliphatic heterocycles. The quantitative estimate of drug-likeness (QED) is 0.192. The van der Waals surface area contributed by atoms with E-state index in [0.29, 0.717) is 5.82 Å². The van der Waals surface area contributed by atoms with Gasteiger partial charge < -0.3 is 8.98 Å². The number of aromatic nitrogens is 3. The third-order valence-corrected chi connectivity index (χ3v) is 11.0. The lowest BCUT2D eigenvalue weighted by Gasteiger charge is -2.10. The predicted octanol–water partition coefficient (Wildman–Crippen LogP) is 12.3. The topological polar surface area (TPSA) is 43.9 Å². The second-order valence-corrected chi connectivity index (χ2v) is 13.6. The van der Waals surface area contributed by atoms with E-state index in [-0.39, 0.29) is 0 Å². The fourth-order valence-corrected chi connectivity index (χ4v) is 8.74. The van der Waals surface area contributed by atoms with Gasteiger partial charge >= 0.3 is 0 Å². The van der Waals surface area contributed by atoms with Crippen molar-refractivity contribution in [3.63, 3.8) is 0 Å². The summed E-state index contributed by atoms with van der Waals surface area (Å²) in [7, 11) is 0. The van der Waals surface area contributed by atoms with E-state index in [4.69, 9.17) is 14.4 Å². The zero-order valence-corrected chi connectivity index (χ0v) is 26.9. The fraction of sp³-hybridized carbons (Fsp3) is 0. The molecule has 0 aliphatic carbocycles. The number of hydrogen-bond acceptors (Lipinski definition) is 4. The van der Waals surface area contributed by atoms with E-state index < -0.39 is 0 Å². The van der Waals surface area contributed by atoms with Crippen LogP contribution in [0, 0.1) is 0 Å². The molecule has 0 amide bonds. The summed E-state index contributed by atoms with van der Waals surface area (Å²) in [5.74, 6) is 0.686. The summed E-state index contributed by atoms with van der Waals surface area (Å²) in [6.07, 6.45) is 0. The SMILES string of the molecule is c1ccc(-c2nc(-c3ccc4c(c3)oc3c(-n5c6ccccc6c6ccc7ccccc7c65)cccc34)nc3c2sc2ccccc23)cc1. The first kappa shape index (κ1) is 26.7. The number of para-hydroxylation sites is 2. The van der Waals surface area contributed by atoms with Gasteiger partial charge in [-0.2, -0.15) is 0 Å². The van der Waals surface area contributed by atoms with Gasteiger partial charge in [-0.25, -0.2) is 9.97 Å². The summed E-state index contributed by atoms with van der Waals surface area (Å²) in [6.45, 7) is 0. The third-order valence-electron chi connectivity index (χ3n) is 9.80.